The van der Waals surface area contributed by atoms with Crippen LogP contribution >= 0.6 is 15.9 Å². The van der Waals surface area contributed by atoms with E-state index in [2.05, 4.69) is 21.2 Å². The number of hydrogen-bond donors (Lipinski definition) is 2. The van der Waals surface area contributed by atoms with Crippen LogP contribution in [0.15, 0.2) is 70.7 Å². The minimum Gasteiger partial charge on any atom is -0.497 e. The standard InChI is InChI=1S/C26H21BrN2O6/c1-33-21-9-7-20(8-10-21)29-25(30)19(14-28)11-17-12-22(27)24(23(13-17)34-2)35-15-16-3-5-18(6-4-16)26(31)32/h3-13H,15H2,1-2H3,(H,29,30)(H,31,32)/b19-11-. The molecule has 1 amide bonds. The Bertz CT molecular complexity index is 1300. The van der Waals surface area contributed by atoms with Gasteiger partial charge >= 0.3 is 5.97 Å². The Hall–Kier alpha value is -4.29. The summed E-state index contributed by atoms with van der Waals surface area (Å²) in [4.78, 5) is 23.6. The quantitative estimate of drug-likeness (QED) is 0.281. The Labute approximate surface area is 210 Å². The van der Waals surface area contributed by atoms with Gasteiger partial charge in [-0.3, -0.25) is 4.79 Å². The zero-order valence-electron chi connectivity index (χ0n) is 18.9. The second kappa shape index (κ2) is 11.7. The van der Waals surface area contributed by atoms with Gasteiger partial charge in [-0.15, -0.1) is 0 Å². The number of nitrogens with zero attached hydrogens (tertiary/aromatic N) is 1. The molecule has 3 rings (SSSR count). The first-order chi connectivity index (χ1) is 16.8. The van der Waals surface area contributed by atoms with Gasteiger partial charge in [-0.1, -0.05) is 12.1 Å². The molecule has 0 radical (unpaired) electrons. The molecular formula is C26H21BrN2O6. The molecule has 0 heterocycles. The number of carbonyl (C=O) groups is 2. The molecule has 3 aromatic rings. The summed E-state index contributed by atoms with van der Waals surface area (Å²) < 4.78 is 17.0. The maximum absolute atomic E-state index is 12.6. The van der Waals surface area contributed by atoms with Gasteiger partial charge in [0, 0.05) is 5.69 Å². The first-order valence-electron chi connectivity index (χ1n) is 10.2. The van der Waals surface area contributed by atoms with E-state index in [1.807, 2.05) is 6.07 Å². The van der Waals surface area contributed by atoms with Crippen LogP contribution < -0.4 is 19.5 Å². The van der Waals surface area contributed by atoms with Crippen LogP contribution in [0.4, 0.5) is 5.69 Å². The van der Waals surface area contributed by atoms with Crippen molar-refractivity contribution in [2.75, 3.05) is 19.5 Å². The summed E-state index contributed by atoms with van der Waals surface area (Å²) in [6, 6.07) is 18.3. The van der Waals surface area contributed by atoms with Crippen LogP contribution in [0.3, 0.4) is 0 Å². The average Bonchev–Trinajstić information content (AvgIpc) is 2.86. The van der Waals surface area contributed by atoms with Crippen molar-refractivity contribution in [1.29, 1.82) is 5.26 Å². The van der Waals surface area contributed by atoms with Gasteiger partial charge < -0.3 is 24.6 Å². The Morgan fingerprint density at radius 1 is 1.06 bits per heavy atom. The van der Waals surface area contributed by atoms with Crippen LogP contribution in [0.5, 0.6) is 17.2 Å². The monoisotopic (exact) mass is 536 g/mol. The van der Waals surface area contributed by atoms with E-state index in [1.54, 1.807) is 55.6 Å². The Morgan fingerprint density at radius 3 is 2.31 bits per heavy atom. The van der Waals surface area contributed by atoms with Crippen LogP contribution in [0.1, 0.15) is 21.5 Å². The predicted octanol–water partition coefficient (Wildman–Crippen LogP) is 5.29. The molecule has 8 nitrogen and oxygen atoms in total. The molecule has 0 fully saturated rings. The van der Waals surface area contributed by atoms with Crippen LogP contribution in [-0.2, 0) is 11.4 Å². The SMILES string of the molecule is COc1ccc(NC(=O)/C(C#N)=C\c2cc(Br)c(OCc3ccc(C(=O)O)cc3)c(OC)c2)cc1. The molecular weight excluding hydrogens is 516 g/mol. The Balaban J connectivity index is 1.77. The van der Waals surface area contributed by atoms with Crippen molar-refractivity contribution in [2.45, 2.75) is 6.61 Å². The molecule has 3 aromatic carbocycles. The minimum absolute atomic E-state index is 0.0954. The number of rotatable bonds is 9. The topological polar surface area (TPSA) is 118 Å². The van der Waals surface area contributed by atoms with E-state index < -0.39 is 11.9 Å². The number of anilines is 1. The average molecular weight is 537 g/mol. The third-order valence-corrected chi connectivity index (χ3v) is 5.45. The summed E-state index contributed by atoms with van der Waals surface area (Å²) in [5.74, 6) is -0.0952. The van der Waals surface area contributed by atoms with Crippen molar-refractivity contribution in [2.24, 2.45) is 0 Å². The fourth-order valence-corrected chi connectivity index (χ4v) is 3.62. The van der Waals surface area contributed by atoms with E-state index in [4.69, 9.17) is 19.3 Å². The number of benzene rings is 3. The molecule has 0 atom stereocenters. The van der Waals surface area contributed by atoms with Gasteiger partial charge in [0.15, 0.2) is 11.5 Å². The molecule has 0 aliphatic rings. The smallest absolute Gasteiger partial charge is 0.335 e. The van der Waals surface area contributed by atoms with Crippen molar-refractivity contribution in [3.63, 3.8) is 0 Å². The zero-order chi connectivity index (χ0) is 25.4. The molecule has 178 valence electrons. The molecule has 0 saturated heterocycles. The highest BCUT2D eigenvalue weighted by molar-refractivity contribution is 9.10. The number of ether oxygens (including phenoxy) is 3. The van der Waals surface area contributed by atoms with Gasteiger partial charge in [-0.2, -0.15) is 5.26 Å². The third kappa shape index (κ3) is 6.62. The summed E-state index contributed by atoms with van der Waals surface area (Å²) in [7, 11) is 3.02. The number of halogens is 1. The first kappa shape index (κ1) is 25.3. The zero-order valence-corrected chi connectivity index (χ0v) is 20.5. The Morgan fingerprint density at radius 2 is 1.74 bits per heavy atom. The fourth-order valence-electron chi connectivity index (χ4n) is 3.05. The number of amides is 1. The molecule has 0 aromatic heterocycles. The second-order valence-electron chi connectivity index (χ2n) is 7.18. The lowest BCUT2D eigenvalue weighted by Crippen LogP contribution is -2.13. The normalized spacial score (nSPS) is 10.7. The molecule has 2 N–H and O–H groups in total. The van der Waals surface area contributed by atoms with E-state index in [1.165, 1.54) is 25.3 Å². The highest BCUT2D eigenvalue weighted by Gasteiger charge is 2.15. The lowest BCUT2D eigenvalue weighted by molar-refractivity contribution is -0.112. The van der Waals surface area contributed by atoms with Crippen molar-refractivity contribution >= 4 is 39.6 Å². The number of nitrogens with one attached hydrogen (secondary N) is 1. The molecule has 35 heavy (non-hydrogen) atoms. The largest absolute Gasteiger partial charge is 0.497 e. The maximum atomic E-state index is 12.6. The number of carbonyl (C=O) groups excluding carboxylic acids is 1. The van der Waals surface area contributed by atoms with Gasteiger partial charge in [0.05, 0.1) is 24.3 Å². The van der Waals surface area contributed by atoms with Crippen LogP contribution in [-0.4, -0.2) is 31.2 Å². The molecule has 0 bridgehead atoms. The van der Waals surface area contributed by atoms with Gasteiger partial charge in [-0.25, -0.2) is 4.79 Å². The van der Waals surface area contributed by atoms with E-state index in [0.29, 0.717) is 33.0 Å². The molecule has 9 heteroatoms. The highest BCUT2D eigenvalue weighted by Crippen LogP contribution is 2.38. The summed E-state index contributed by atoms with van der Waals surface area (Å²) in [6.45, 7) is 0.178. The Kier molecular flexibility index (Phi) is 8.48. The number of hydrogen-bond acceptors (Lipinski definition) is 6. The molecule has 0 aliphatic carbocycles. The highest BCUT2D eigenvalue weighted by atomic mass is 79.9. The van der Waals surface area contributed by atoms with Gasteiger partial charge in [0.1, 0.15) is 24.0 Å². The van der Waals surface area contributed by atoms with Crippen molar-refractivity contribution in [1.82, 2.24) is 0 Å². The molecule has 0 spiro atoms. The second-order valence-corrected chi connectivity index (χ2v) is 8.03. The molecule has 0 aliphatic heterocycles. The first-order valence-corrected chi connectivity index (χ1v) is 11.0. The molecule has 0 unspecified atom stereocenters. The van der Waals surface area contributed by atoms with E-state index in [-0.39, 0.29) is 17.7 Å². The summed E-state index contributed by atoms with van der Waals surface area (Å²) >= 11 is 3.45. The summed E-state index contributed by atoms with van der Waals surface area (Å²) in [5.41, 5.74) is 1.94. The lowest BCUT2D eigenvalue weighted by Gasteiger charge is -2.14. The maximum Gasteiger partial charge on any atom is 0.335 e. The lowest BCUT2D eigenvalue weighted by atomic mass is 10.1. The van der Waals surface area contributed by atoms with Crippen molar-refractivity contribution in [3.05, 3.63) is 87.4 Å². The number of aromatic carboxylic acids is 1. The number of nitriles is 1. The van der Waals surface area contributed by atoms with E-state index in [9.17, 15) is 14.9 Å². The molecule has 0 saturated carbocycles. The van der Waals surface area contributed by atoms with Gasteiger partial charge in [0.2, 0.25) is 0 Å². The van der Waals surface area contributed by atoms with Gasteiger partial charge in [0.25, 0.3) is 5.91 Å². The van der Waals surface area contributed by atoms with E-state index in [0.717, 1.165) is 5.56 Å². The number of carboxylic acid groups (broad SMARTS) is 1. The van der Waals surface area contributed by atoms with Crippen LogP contribution in [0, 0.1) is 11.3 Å². The fraction of sp³-hybridized carbons (Fsp3) is 0.115. The van der Waals surface area contributed by atoms with Crippen LogP contribution in [0.2, 0.25) is 0 Å². The minimum atomic E-state index is -1.00. The summed E-state index contributed by atoms with van der Waals surface area (Å²) in [6.07, 6.45) is 1.44. The summed E-state index contributed by atoms with van der Waals surface area (Å²) in [5, 5.41) is 21.2. The number of methoxy groups -OCH3 is 2. The van der Waals surface area contributed by atoms with E-state index >= 15 is 0 Å². The third-order valence-electron chi connectivity index (χ3n) is 4.86. The van der Waals surface area contributed by atoms with Crippen molar-refractivity contribution < 1.29 is 28.9 Å². The predicted molar refractivity (Wildman–Crippen MR) is 134 cm³/mol. The van der Waals surface area contributed by atoms with Gasteiger partial charge in [-0.05, 0) is 81.7 Å². The van der Waals surface area contributed by atoms with Crippen LogP contribution in [0.25, 0.3) is 6.08 Å². The van der Waals surface area contributed by atoms with Crippen molar-refractivity contribution in [3.8, 4) is 23.3 Å². The number of carboxylic acids is 1.